The molecule has 6 heterocycles. The van der Waals surface area contributed by atoms with Gasteiger partial charge in [0.25, 0.3) is 6.43 Å². The Kier molecular flexibility index (Phi) is 6.11. The number of pyridine rings is 1. The van der Waals surface area contributed by atoms with Crippen molar-refractivity contribution in [1.29, 1.82) is 0 Å². The number of fused-ring (bicyclic) bond motifs is 2. The van der Waals surface area contributed by atoms with Gasteiger partial charge in [-0.15, -0.1) is 5.10 Å². The second-order valence-electron chi connectivity index (χ2n) is 9.50. The van der Waals surface area contributed by atoms with Crippen molar-refractivity contribution in [2.45, 2.75) is 44.6 Å². The number of anilines is 2. The van der Waals surface area contributed by atoms with Crippen LogP contribution in [0.15, 0.2) is 24.4 Å². The van der Waals surface area contributed by atoms with Crippen molar-refractivity contribution >= 4 is 28.4 Å². The lowest BCUT2D eigenvalue weighted by atomic mass is 10.0. The van der Waals surface area contributed by atoms with Crippen molar-refractivity contribution in [2.24, 2.45) is 0 Å². The molecule has 0 radical (unpaired) electrons. The van der Waals surface area contributed by atoms with Gasteiger partial charge in [0.15, 0.2) is 11.5 Å². The summed E-state index contributed by atoms with van der Waals surface area (Å²) >= 11 is 0. The van der Waals surface area contributed by atoms with E-state index in [9.17, 15) is 13.2 Å². The maximum Gasteiger partial charge on any atom is 0.256 e. The van der Waals surface area contributed by atoms with Gasteiger partial charge >= 0.3 is 0 Å². The van der Waals surface area contributed by atoms with Crippen molar-refractivity contribution < 1.29 is 17.9 Å². The molecule has 4 aromatic rings. The number of ether oxygens (including phenoxy) is 1. The molecule has 2 aliphatic heterocycles. The van der Waals surface area contributed by atoms with Crippen molar-refractivity contribution in [2.75, 3.05) is 44.0 Å². The molecule has 0 spiro atoms. The molecule has 4 aromatic heterocycles. The fourth-order valence-corrected chi connectivity index (χ4v) is 5.11. The van der Waals surface area contributed by atoms with Gasteiger partial charge in [-0.3, -0.25) is 4.90 Å². The third kappa shape index (κ3) is 4.35. The molecule has 0 unspecified atom stereocenters. The largest absolute Gasteiger partial charge is 0.378 e. The van der Waals surface area contributed by atoms with Gasteiger partial charge in [-0.05, 0) is 31.5 Å². The molecular weight excluding hydrogens is 487 g/mol. The van der Waals surface area contributed by atoms with Gasteiger partial charge in [-0.25, -0.2) is 27.7 Å². The van der Waals surface area contributed by atoms with Crippen molar-refractivity contribution in [3.05, 3.63) is 30.2 Å². The second kappa shape index (κ2) is 9.45. The summed E-state index contributed by atoms with van der Waals surface area (Å²) in [5.41, 5.74) is 2.95. The lowest BCUT2D eigenvalue weighted by Crippen LogP contribution is -2.57. The Balaban J connectivity index is 1.30. The normalized spacial score (nSPS) is 21.1. The maximum atomic E-state index is 15.0. The summed E-state index contributed by atoms with van der Waals surface area (Å²) < 4.78 is 49.6. The minimum Gasteiger partial charge on any atom is -0.378 e. The highest BCUT2D eigenvalue weighted by Crippen LogP contribution is 2.31. The van der Waals surface area contributed by atoms with E-state index in [2.05, 4.69) is 35.6 Å². The molecule has 2 N–H and O–H groups in total. The third-order valence-corrected chi connectivity index (χ3v) is 7.15. The minimum atomic E-state index is -2.52. The van der Waals surface area contributed by atoms with Crippen LogP contribution in [0, 0.1) is 6.92 Å². The number of likely N-dealkylation sites (tertiary alicyclic amines) is 1. The number of nitrogens with one attached hydrogen (secondary N) is 2. The van der Waals surface area contributed by atoms with E-state index in [1.165, 1.54) is 4.57 Å². The first-order chi connectivity index (χ1) is 17.9. The van der Waals surface area contributed by atoms with Crippen LogP contribution in [-0.4, -0.2) is 92.1 Å². The summed E-state index contributed by atoms with van der Waals surface area (Å²) in [5, 5.41) is 10.9. The zero-order chi connectivity index (χ0) is 25.7. The number of hydrogen-bond donors (Lipinski definition) is 2. The third-order valence-electron chi connectivity index (χ3n) is 7.15. The lowest BCUT2D eigenvalue weighted by molar-refractivity contribution is -0.0794. The lowest BCUT2D eigenvalue weighted by Gasteiger charge is -2.42. The number of halogens is 3. The first-order valence-electron chi connectivity index (χ1n) is 12.3. The smallest absolute Gasteiger partial charge is 0.256 e. The van der Waals surface area contributed by atoms with Gasteiger partial charge in [0, 0.05) is 31.9 Å². The number of imidazole rings is 1. The minimum absolute atomic E-state index is 0.312. The Morgan fingerprint density at radius 3 is 2.70 bits per heavy atom. The van der Waals surface area contributed by atoms with E-state index < -0.39 is 25.2 Å². The Morgan fingerprint density at radius 2 is 2.00 bits per heavy atom. The van der Waals surface area contributed by atoms with E-state index in [-0.39, 0.29) is 0 Å². The Hall–Kier alpha value is -3.45. The van der Waals surface area contributed by atoms with Crippen LogP contribution < -0.4 is 10.6 Å². The summed E-state index contributed by atoms with van der Waals surface area (Å²) in [6, 6.07) is 5.34. The molecule has 0 saturated carbocycles. The topological polar surface area (TPSA) is 97.4 Å². The van der Waals surface area contributed by atoms with Crippen LogP contribution in [0.5, 0.6) is 0 Å². The molecule has 0 aromatic carbocycles. The van der Waals surface area contributed by atoms with Gasteiger partial charge in [-0.1, -0.05) is 0 Å². The first kappa shape index (κ1) is 23.9. The average molecular weight is 516 g/mol. The molecule has 0 amide bonds. The summed E-state index contributed by atoms with van der Waals surface area (Å²) in [4.78, 5) is 15.8. The molecule has 37 heavy (non-hydrogen) atoms. The Bertz CT molecular complexity index is 1430. The highest BCUT2D eigenvalue weighted by Gasteiger charge is 2.35. The predicted octanol–water partition coefficient (Wildman–Crippen LogP) is 2.98. The average Bonchev–Trinajstić information content (AvgIpc) is 3.39. The van der Waals surface area contributed by atoms with Crippen LogP contribution >= 0.6 is 0 Å². The molecule has 13 heteroatoms. The molecule has 2 saturated heterocycles. The van der Waals surface area contributed by atoms with Crippen LogP contribution in [0.4, 0.5) is 24.9 Å². The van der Waals surface area contributed by atoms with E-state index in [1.807, 2.05) is 6.07 Å². The molecule has 10 nitrogen and oxygen atoms in total. The number of hydrogen-bond acceptors (Lipinski definition) is 8. The van der Waals surface area contributed by atoms with Crippen LogP contribution in [0.2, 0.25) is 0 Å². The van der Waals surface area contributed by atoms with Crippen LogP contribution in [-0.2, 0) is 11.3 Å². The van der Waals surface area contributed by atoms with E-state index in [0.717, 1.165) is 12.1 Å². The monoisotopic (exact) mass is 515 g/mol. The predicted molar refractivity (Wildman–Crippen MR) is 133 cm³/mol. The summed E-state index contributed by atoms with van der Waals surface area (Å²) in [7, 11) is 1.75. The first-order valence-corrected chi connectivity index (χ1v) is 12.3. The molecule has 0 bridgehead atoms. The quantitative estimate of drug-likeness (QED) is 0.388. The van der Waals surface area contributed by atoms with Gasteiger partial charge < -0.3 is 19.9 Å². The molecular formula is C24H28F3N9O. The van der Waals surface area contributed by atoms with Gasteiger partial charge in [0.2, 0.25) is 5.95 Å². The highest BCUT2D eigenvalue weighted by atomic mass is 19.3. The molecule has 0 aliphatic carbocycles. The van der Waals surface area contributed by atoms with Gasteiger partial charge in [-0.2, -0.15) is 4.98 Å². The van der Waals surface area contributed by atoms with Crippen LogP contribution in [0.1, 0.15) is 12.2 Å². The van der Waals surface area contributed by atoms with Gasteiger partial charge in [0.1, 0.15) is 23.0 Å². The number of piperidine rings is 1. The fourth-order valence-electron chi connectivity index (χ4n) is 5.11. The van der Waals surface area contributed by atoms with Crippen molar-refractivity contribution in [3.63, 3.8) is 0 Å². The van der Waals surface area contributed by atoms with E-state index >= 15 is 0 Å². The van der Waals surface area contributed by atoms with Crippen LogP contribution in [0.3, 0.4) is 0 Å². The highest BCUT2D eigenvalue weighted by molar-refractivity contribution is 5.89. The fraction of sp³-hybridized carbons (Fsp3) is 0.500. The standard InChI is InChI=1S/C24H28F3N9O/c1-13-29-19-4-3-17(30-23(19)35(13)10-20(26)27)15-5-8-36-21(15)22(28-2)32-24(33-36)31-18-6-7-34(9-16(18)25)14-11-37-12-14/h3-5,8,14,16,18,20H,6-7,9-12H2,1-2H3,(H2,28,31,32,33)/t16-,18+/m1/s1. The maximum absolute atomic E-state index is 15.0. The van der Waals surface area contributed by atoms with E-state index in [0.29, 0.717) is 72.2 Å². The number of nitrogens with zero attached hydrogens (tertiary/aromatic N) is 7. The summed E-state index contributed by atoms with van der Waals surface area (Å²) in [5.74, 6) is 1.34. The molecule has 6 rings (SSSR count). The Labute approximate surface area is 210 Å². The molecule has 2 fully saturated rings. The van der Waals surface area contributed by atoms with Crippen LogP contribution in [0.25, 0.3) is 27.9 Å². The second-order valence-corrected chi connectivity index (χ2v) is 9.50. The number of rotatable bonds is 7. The van der Waals surface area contributed by atoms with Crippen molar-refractivity contribution in [1.82, 2.24) is 34.0 Å². The van der Waals surface area contributed by atoms with E-state index in [1.54, 1.807) is 36.8 Å². The SMILES string of the molecule is CNc1nc(N[C@H]2CCN(C3COC3)C[C@H]2F)nn2ccc(-c3ccc4nc(C)n(CC(F)F)c4n3)c12. The van der Waals surface area contributed by atoms with Gasteiger partial charge in [0.05, 0.1) is 37.5 Å². The number of alkyl halides is 3. The molecule has 2 aliphatic rings. The number of aromatic nitrogens is 6. The summed E-state index contributed by atoms with van der Waals surface area (Å²) in [6.45, 7) is 3.70. The van der Waals surface area contributed by atoms with E-state index in [4.69, 9.17) is 4.74 Å². The summed E-state index contributed by atoms with van der Waals surface area (Å²) in [6.07, 6.45) is -1.15. The molecule has 196 valence electrons. The van der Waals surface area contributed by atoms with Crippen molar-refractivity contribution in [3.8, 4) is 11.3 Å². The zero-order valence-electron chi connectivity index (χ0n) is 20.5. The molecule has 2 atom stereocenters. The number of aryl methyl sites for hydroxylation is 1. The Morgan fingerprint density at radius 1 is 1.16 bits per heavy atom. The zero-order valence-corrected chi connectivity index (χ0v) is 20.5.